The molecule has 0 bridgehead atoms. The number of methoxy groups -OCH3 is 1. The van der Waals surface area contributed by atoms with Crippen molar-refractivity contribution >= 4 is 11.9 Å². The highest BCUT2D eigenvalue weighted by Gasteiger charge is 2.40. The van der Waals surface area contributed by atoms with Crippen molar-refractivity contribution < 1.29 is 19.4 Å². The van der Waals surface area contributed by atoms with Gasteiger partial charge in [0.05, 0.1) is 12.1 Å². The molecule has 0 aromatic rings. The van der Waals surface area contributed by atoms with Gasteiger partial charge in [-0.05, 0) is 6.42 Å². The lowest BCUT2D eigenvalue weighted by molar-refractivity contribution is -0.148. The molecule has 1 heterocycles. The molecule has 6 heteroatoms. The Morgan fingerprint density at radius 1 is 1.56 bits per heavy atom. The molecule has 0 saturated carbocycles. The van der Waals surface area contributed by atoms with Gasteiger partial charge in [-0.15, -0.1) is 0 Å². The second-order valence-corrected chi connectivity index (χ2v) is 4.69. The zero-order chi connectivity index (χ0) is 13.7. The molecule has 1 amide bonds. The van der Waals surface area contributed by atoms with Crippen molar-refractivity contribution in [1.29, 1.82) is 0 Å². The van der Waals surface area contributed by atoms with Gasteiger partial charge in [0, 0.05) is 20.1 Å². The minimum absolute atomic E-state index is 0.214. The van der Waals surface area contributed by atoms with Crippen molar-refractivity contribution in [3.8, 4) is 0 Å². The summed E-state index contributed by atoms with van der Waals surface area (Å²) in [5.74, 6) is -1.28. The fourth-order valence-electron chi connectivity index (χ4n) is 2.21. The Morgan fingerprint density at radius 2 is 2.22 bits per heavy atom. The Morgan fingerprint density at radius 3 is 2.72 bits per heavy atom. The standard InChI is InChI=1S/C12H22N2O4/c1-3-4-5-9(13)11(15)14-7-8(18-2)6-10(14)12(16)17/h8-10H,3-7,13H2,1-2H3,(H,16,17)/t8?,9-,10?/m0/s1. The Kier molecular flexibility index (Phi) is 5.55. The summed E-state index contributed by atoms with van der Waals surface area (Å²) in [7, 11) is 1.52. The summed E-state index contributed by atoms with van der Waals surface area (Å²) in [4.78, 5) is 24.6. The summed E-state index contributed by atoms with van der Waals surface area (Å²) in [5.41, 5.74) is 5.81. The van der Waals surface area contributed by atoms with Crippen molar-refractivity contribution in [3.05, 3.63) is 0 Å². The van der Waals surface area contributed by atoms with Gasteiger partial charge in [-0.2, -0.15) is 0 Å². The van der Waals surface area contributed by atoms with Gasteiger partial charge in [0.2, 0.25) is 5.91 Å². The second-order valence-electron chi connectivity index (χ2n) is 4.69. The molecule has 6 nitrogen and oxygen atoms in total. The van der Waals surface area contributed by atoms with Gasteiger partial charge in [0.1, 0.15) is 6.04 Å². The summed E-state index contributed by atoms with van der Waals surface area (Å²) in [5, 5.41) is 9.11. The molecule has 3 N–H and O–H groups in total. The third-order valence-electron chi connectivity index (χ3n) is 3.35. The van der Waals surface area contributed by atoms with Crippen LogP contribution in [-0.4, -0.2) is 53.7 Å². The van der Waals surface area contributed by atoms with E-state index < -0.39 is 18.1 Å². The SMILES string of the molecule is CCCC[C@H](N)C(=O)N1CC(OC)CC1C(=O)O. The first-order chi connectivity index (χ1) is 8.51. The van der Waals surface area contributed by atoms with Gasteiger partial charge in [0.15, 0.2) is 0 Å². The average Bonchev–Trinajstić information content (AvgIpc) is 2.79. The van der Waals surface area contributed by atoms with Crippen LogP contribution in [-0.2, 0) is 14.3 Å². The van der Waals surface area contributed by atoms with Crippen LogP contribution in [0.3, 0.4) is 0 Å². The molecule has 1 rings (SSSR count). The fourth-order valence-corrected chi connectivity index (χ4v) is 2.21. The van der Waals surface area contributed by atoms with Gasteiger partial charge in [-0.3, -0.25) is 4.79 Å². The van der Waals surface area contributed by atoms with Crippen LogP contribution < -0.4 is 5.73 Å². The Bertz CT molecular complexity index is 308. The number of nitrogens with zero attached hydrogens (tertiary/aromatic N) is 1. The highest BCUT2D eigenvalue weighted by molar-refractivity contribution is 5.87. The maximum atomic E-state index is 12.1. The van der Waals surface area contributed by atoms with Crippen LogP contribution >= 0.6 is 0 Å². The number of rotatable bonds is 6. The molecule has 0 aromatic carbocycles. The number of likely N-dealkylation sites (tertiary alicyclic amines) is 1. The van der Waals surface area contributed by atoms with Crippen LogP contribution in [0.25, 0.3) is 0 Å². The summed E-state index contributed by atoms with van der Waals surface area (Å²) in [6.07, 6.45) is 2.54. The van der Waals surface area contributed by atoms with Crippen molar-refractivity contribution in [2.75, 3.05) is 13.7 Å². The smallest absolute Gasteiger partial charge is 0.326 e. The van der Waals surface area contributed by atoms with Crippen molar-refractivity contribution in [1.82, 2.24) is 4.90 Å². The van der Waals surface area contributed by atoms with E-state index in [1.165, 1.54) is 12.0 Å². The predicted molar refractivity (Wildman–Crippen MR) is 66.1 cm³/mol. The molecule has 1 aliphatic rings. The molecule has 1 aliphatic heterocycles. The number of hydrogen-bond acceptors (Lipinski definition) is 4. The summed E-state index contributed by atoms with van der Waals surface area (Å²) < 4.78 is 5.13. The minimum atomic E-state index is -0.995. The molecule has 0 spiro atoms. The fraction of sp³-hybridized carbons (Fsp3) is 0.833. The van der Waals surface area contributed by atoms with E-state index in [9.17, 15) is 9.59 Å². The molecule has 18 heavy (non-hydrogen) atoms. The lowest BCUT2D eigenvalue weighted by atomic mass is 10.1. The van der Waals surface area contributed by atoms with Crippen LogP contribution in [0.15, 0.2) is 0 Å². The van der Waals surface area contributed by atoms with E-state index in [1.54, 1.807) is 0 Å². The Labute approximate surface area is 107 Å². The zero-order valence-corrected chi connectivity index (χ0v) is 11.0. The van der Waals surface area contributed by atoms with E-state index in [2.05, 4.69) is 0 Å². The maximum absolute atomic E-state index is 12.1. The number of carbonyl (C=O) groups is 2. The third-order valence-corrected chi connectivity index (χ3v) is 3.35. The molecule has 2 unspecified atom stereocenters. The molecule has 1 fully saturated rings. The van der Waals surface area contributed by atoms with Gasteiger partial charge in [-0.1, -0.05) is 19.8 Å². The molecular weight excluding hydrogens is 236 g/mol. The van der Waals surface area contributed by atoms with Crippen molar-refractivity contribution in [3.63, 3.8) is 0 Å². The van der Waals surface area contributed by atoms with Gasteiger partial charge >= 0.3 is 5.97 Å². The van der Waals surface area contributed by atoms with Gasteiger partial charge in [-0.25, -0.2) is 4.79 Å². The highest BCUT2D eigenvalue weighted by Crippen LogP contribution is 2.21. The second kappa shape index (κ2) is 6.70. The molecule has 3 atom stereocenters. The lowest BCUT2D eigenvalue weighted by Gasteiger charge is -2.24. The monoisotopic (exact) mass is 258 g/mol. The number of ether oxygens (including phenoxy) is 1. The first-order valence-corrected chi connectivity index (χ1v) is 6.32. The van der Waals surface area contributed by atoms with E-state index >= 15 is 0 Å². The van der Waals surface area contributed by atoms with Gasteiger partial charge < -0.3 is 20.5 Å². The number of unbranched alkanes of at least 4 members (excludes halogenated alkanes) is 1. The minimum Gasteiger partial charge on any atom is -0.480 e. The molecule has 1 saturated heterocycles. The highest BCUT2D eigenvalue weighted by atomic mass is 16.5. The van der Waals surface area contributed by atoms with Crippen LogP contribution in [0, 0.1) is 0 Å². The van der Waals surface area contributed by atoms with Crippen molar-refractivity contribution in [2.45, 2.75) is 50.8 Å². The zero-order valence-electron chi connectivity index (χ0n) is 11.0. The first kappa shape index (κ1) is 14.9. The molecule has 0 aliphatic carbocycles. The number of carboxylic acids is 1. The molecular formula is C12H22N2O4. The van der Waals surface area contributed by atoms with Crippen LogP contribution in [0.4, 0.5) is 0 Å². The quantitative estimate of drug-likeness (QED) is 0.710. The van der Waals surface area contributed by atoms with E-state index in [0.29, 0.717) is 19.4 Å². The normalized spacial score (nSPS) is 25.2. The van der Waals surface area contributed by atoms with Crippen LogP contribution in [0.2, 0.25) is 0 Å². The number of carboxylic acid groups (broad SMARTS) is 1. The van der Waals surface area contributed by atoms with Crippen LogP contribution in [0.1, 0.15) is 32.6 Å². The van der Waals surface area contributed by atoms with E-state index in [-0.39, 0.29) is 12.0 Å². The first-order valence-electron chi connectivity index (χ1n) is 6.32. The number of hydrogen-bond donors (Lipinski definition) is 2. The van der Waals surface area contributed by atoms with E-state index in [1.807, 2.05) is 6.92 Å². The van der Waals surface area contributed by atoms with E-state index in [4.69, 9.17) is 15.6 Å². The van der Waals surface area contributed by atoms with Crippen molar-refractivity contribution in [2.24, 2.45) is 5.73 Å². The molecule has 104 valence electrons. The summed E-state index contributed by atoms with van der Waals surface area (Å²) >= 11 is 0. The molecule has 0 radical (unpaired) electrons. The Balaban J connectivity index is 2.67. The molecule has 0 aromatic heterocycles. The largest absolute Gasteiger partial charge is 0.480 e. The van der Waals surface area contributed by atoms with Crippen LogP contribution in [0.5, 0.6) is 0 Å². The summed E-state index contributed by atoms with van der Waals surface area (Å²) in [6, 6.07) is -1.42. The Hall–Kier alpha value is -1.14. The van der Waals surface area contributed by atoms with E-state index in [0.717, 1.165) is 12.8 Å². The number of aliphatic carboxylic acids is 1. The number of carbonyl (C=O) groups excluding carboxylic acids is 1. The topological polar surface area (TPSA) is 92.9 Å². The summed E-state index contributed by atoms with van der Waals surface area (Å²) in [6.45, 7) is 2.33. The third kappa shape index (κ3) is 3.43. The lowest BCUT2D eigenvalue weighted by Crippen LogP contribution is -2.48. The maximum Gasteiger partial charge on any atom is 0.326 e. The average molecular weight is 258 g/mol. The van der Waals surface area contributed by atoms with Gasteiger partial charge in [0.25, 0.3) is 0 Å². The number of amides is 1. The predicted octanol–water partition coefficient (Wildman–Crippen LogP) is 0.204. The number of nitrogens with two attached hydrogens (primary N) is 1.